The highest BCUT2D eigenvalue weighted by Crippen LogP contribution is 1.97. The summed E-state index contributed by atoms with van der Waals surface area (Å²) >= 11 is 2.69. The van der Waals surface area contributed by atoms with Gasteiger partial charge < -0.3 is 0 Å². The van der Waals surface area contributed by atoms with Crippen molar-refractivity contribution in [2.45, 2.75) is 0 Å². The SMILES string of the molecule is C=CC(=C)C(=O)Br. The van der Waals surface area contributed by atoms with E-state index in [4.69, 9.17) is 0 Å². The Bertz CT molecular complexity index is 115. The molecule has 0 bridgehead atoms. The van der Waals surface area contributed by atoms with Crippen molar-refractivity contribution in [1.82, 2.24) is 0 Å². The quantitative estimate of drug-likeness (QED) is 0.342. The van der Waals surface area contributed by atoms with Crippen LogP contribution in [0.4, 0.5) is 0 Å². The fraction of sp³-hybridized carbons (Fsp3) is 0. The van der Waals surface area contributed by atoms with Crippen LogP contribution in [-0.4, -0.2) is 4.69 Å². The molecular formula is C5H5BrO. The second-order valence-corrected chi connectivity index (χ2v) is 1.72. The van der Waals surface area contributed by atoms with Crippen LogP contribution in [0.15, 0.2) is 24.8 Å². The number of carbonyl (C=O) groups excluding carboxylic acids is 1. The number of carbonyl (C=O) groups is 1. The molecule has 0 aromatic carbocycles. The fourth-order valence-electron chi connectivity index (χ4n) is 0.0802. The summed E-state index contributed by atoms with van der Waals surface area (Å²) in [6.45, 7) is 6.69. The highest BCUT2D eigenvalue weighted by atomic mass is 79.9. The predicted octanol–water partition coefficient (Wildman–Crippen LogP) is 1.65. The van der Waals surface area contributed by atoms with E-state index in [1.165, 1.54) is 6.08 Å². The van der Waals surface area contributed by atoms with Crippen molar-refractivity contribution in [2.24, 2.45) is 0 Å². The lowest BCUT2D eigenvalue weighted by atomic mass is 10.3. The van der Waals surface area contributed by atoms with E-state index in [0.29, 0.717) is 5.57 Å². The Balaban J connectivity index is 3.81. The summed E-state index contributed by atoms with van der Waals surface area (Å²) < 4.78 is -0.206. The topological polar surface area (TPSA) is 17.1 Å². The summed E-state index contributed by atoms with van der Waals surface area (Å²) in [6.07, 6.45) is 1.40. The molecule has 0 aliphatic rings. The van der Waals surface area contributed by atoms with E-state index < -0.39 is 0 Å². The van der Waals surface area contributed by atoms with Crippen LogP contribution in [0, 0.1) is 0 Å². The van der Waals surface area contributed by atoms with E-state index in [0.717, 1.165) is 0 Å². The molecule has 0 spiro atoms. The number of hydrogen-bond donors (Lipinski definition) is 0. The Labute approximate surface area is 50.8 Å². The molecule has 0 N–H and O–H groups in total. The molecule has 0 atom stereocenters. The van der Waals surface area contributed by atoms with Crippen molar-refractivity contribution in [1.29, 1.82) is 0 Å². The van der Waals surface area contributed by atoms with E-state index >= 15 is 0 Å². The first-order valence-corrected chi connectivity index (χ1v) is 2.49. The van der Waals surface area contributed by atoms with Gasteiger partial charge in [-0.3, -0.25) is 4.79 Å². The van der Waals surface area contributed by atoms with Crippen molar-refractivity contribution in [2.75, 3.05) is 0 Å². The van der Waals surface area contributed by atoms with Gasteiger partial charge in [-0.05, 0) is 15.9 Å². The molecule has 0 rings (SSSR count). The van der Waals surface area contributed by atoms with Crippen molar-refractivity contribution >= 4 is 20.6 Å². The van der Waals surface area contributed by atoms with Crippen molar-refractivity contribution < 1.29 is 4.79 Å². The van der Waals surface area contributed by atoms with E-state index in [-0.39, 0.29) is 4.69 Å². The molecule has 0 saturated carbocycles. The highest BCUT2D eigenvalue weighted by Gasteiger charge is 1.92. The molecule has 0 heterocycles. The van der Waals surface area contributed by atoms with Crippen LogP contribution in [0.5, 0.6) is 0 Å². The predicted molar refractivity (Wildman–Crippen MR) is 33.3 cm³/mol. The lowest BCUT2D eigenvalue weighted by Gasteiger charge is -1.81. The van der Waals surface area contributed by atoms with E-state index in [1.54, 1.807) is 0 Å². The van der Waals surface area contributed by atoms with Crippen LogP contribution in [0.25, 0.3) is 0 Å². The van der Waals surface area contributed by atoms with Gasteiger partial charge in [-0.2, -0.15) is 0 Å². The molecule has 0 radical (unpaired) electrons. The maximum atomic E-state index is 10.1. The van der Waals surface area contributed by atoms with Gasteiger partial charge in [0.2, 0.25) is 4.69 Å². The lowest BCUT2D eigenvalue weighted by Crippen LogP contribution is -1.82. The molecule has 0 aromatic rings. The Morgan fingerprint density at radius 1 is 1.71 bits per heavy atom. The van der Waals surface area contributed by atoms with Gasteiger partial charge in [0, 0.05) is 5.57 Å². The molecule has 0 aliphatic carbocycles. The lowest BCUT2D eigenvalue weighted by molar-refractivity contribution is -0.107. The molecule has 0 saturated heterocycles. The molecule has 0 fully saturated rings. The summed E-state index contributed by atoms with van der Waals surface area (Å²) in [5.41, 5.74) is 0.389. The molecule has 2 heteroatoms. The van der Waals surface area contributed by atoms with Crippen molar-refractivity contribution in [3.8, 4) is 0 Å². The first kappa shape index (κ1) is 6.63. The zero-order valence-electron chi connectivity index (χ0n) is 3.78. The van der Waals surface area contributed by atoms with E-state index in [2.05, 4.69) is 29.1 Å². The van der Waals surface area contributed by atoms with Crippen LogP contribution < -0.4 is 0 Å². The maximum Gasteiger partial charge on any atom is 0.227 e. The second-order valence-electron chi connectivity index (χ2n) is 1.00. The third-order valence-electron chi connectivity index (χ3n) is 0.499. The van der Waals surface area contributed by atoms with Crippen LogP contribution >= 0.6 is 15.9 Å². The summed E-state index contributed by atoms with van der Waals surface area (Å²) in [6, 6.07) is 0. The minimum Gasteiger partial charge on any atom is -0.281 e. The normalized spacial score (nSPS) is 7.57. The molecule has 0 aromatic heterocycles. The molecule has 7 heavy (non-hydrogen) atoms. The third-order valence-corrected chi connectivity index (χ3v) is 1.01. The molecule has 0 amide bonds. The standard InChI is InChI=1S/C5H5BrO/c1-3-4(2)5(6)7/h3H,1-2H2. The average Bonchev–Trinajstić information content (AvgIpc) is 1.65. The van der Waals surface area contributed by atoms with Crippen molar-refractivity contribution in [3.63, 3.8) is 0 Å². The summed E-state index contributed by atoms with van der Waals surface area (Å²) in [5, 5.41) is 0. The molecule has 1 nitrogen and oxygen atoms in total. The summed E-state index contributed by atoms with van der Waals surface area (Å²) in [5.74, 6) is 0. The smallest absolute Gasteiger partial charge is 0.227 e. The zero-order chi connectivity index (χ0) is 5.86. The zero-order valence-corrected chi connectivity index (χ0v) is 5.36. The monoisotopic (exact) mass is 160 g/mol. The summed E-state index contributed by atoms with van der Waals surface area (Å²) in [4.78, 5) is 10.1. The first-order valence-electron chi connectivity index (χ1n) is 1.69. The minimum atomic E-state index is -0.206. The van der Waals surface area contributed by atoms with Gasteiger partial charge in [-0.25, -0.2) is 0 Å². The van der Waals surface area contributed by atoms with Gasteiger partial charge in [0.15, 0.2) is 0 Å². The number of halogens is 1. The molecule has 0 unspecified atom stereocenters. The Kier molecular flexibility index (Phi) is 2.60. The Hall–Kier alpha value is -0.370. The summed E-state index contributed by atoms with van der Waals surface area (Å²) in [7, 11) is 0. The maximum absolute atomic E-state index is 10.1. The number of allylic oxidation sites excluding steroid dienone is 2. The fourth-order valence-corrected chi connectivity index (χ4v) is 0.242. The van der Waals surface area contributed by atoms with E-state index in [9.17, 15) is 4.79 Å². The molecule has 38 valence electrons. The highest BCUT2D eigenvalue weighted by molar-refractivity contribution is 9.18. The van der Waals surface area contributed by atoms with Gasteiger partial charge in [0.05, 0.1) is 0 Å². The molecule has 0 aliphatic heterocycles. The molecular weight excluding hydrogens is 156 g/mol. The van der Waals surface area contributed by atoms with Crippen molar-refractivity contribution in [3.05, 3.63) is 24.8 Å². The van der Waals surface area contributed by atoms with Gasteiger partial charge in [-0.1, -0.05) is 19.2 Å². The van der Waals surface area contributed by atoms with Gasteiger partial charge >= 0.3 is 0 Å². The Morgan fingerprint density at radius 3 is 2.14 bits per heavy atom. The third kappa shape index (κ3) is 2.34. The van der Waals surface area contributed by atoms with Gasteiger partial charge in [-0.15, -0.1) is 0 Å². The van der Waals surface area contributed by atoms with Crippen LogP contribution in [-0.2, 0) is 4.79 Å². The van der Waals surface area contributed by atoms with Crippen LogP contribution in [0.2, 0.25) is 0 Å². The van der Waals surface area contributed by atoms with Crippen LogP contribution in [0.3, 0.4) is 0 Å². The van der Waals surface area contributed by atoms with Crippen LogP contribution in [0.1, 0.15) is 0 Å². The van der Waals surface area contributed by atoms with Gasteiger partial charge in [0.25, 0.3) is 0 Å². The first-order chi connectivity index (χ1) is 3.18. The number of hydrogen-bond acceptors (Lipinski definition) is 1. The van der Waals surface area contributed by atoms with Gasteiger partial charge in [0.1, 0.15) is 0 Å². The minimum absolute atomic E-state index is 0.206. The Morgan fingerprint density at radius 2 is 2.14 bits per heavy atom. The van der Waals surface area contributed by atoms with E-state index in [1.807, 2.05) is 0 Å². The largest absolute Gasteiger partial charge is 0.281 e. The second kappa shape index (κ2) is 2.75. The average molecular weight is 161 g/mol. The number of rotatable bonds is 2.